The highest BCUT2D eigenvalue weighted by atomic mass is 35.5. The molecule has 6 rings (SSSR count). The fourth-order valence-corrected chi connectivity index (χ4v) is 5.15. The molecule has 1 unspecified atom stereocenters. The van der Waals surface area contributed by atoms with Gasteiger partial charge in [0.05, 0.1) is 33.8 Å². The van der Waals surface area contributed by atoms with E-state index in [2.05, 4.69) is 56.6 Å². The van der Waals surface area contributed by atoms with Gasteiger partial charge in [-0.05, 0) is 29.2 Å². The van der Waals surface area contributed by atoms with Crippen molar-refractivity contribution in [2.45, 2.75) is 5.50 Å². The second-order valence-electron chi connectivity index (χ2n) is 7.91. The second-order valence-corrected chi connectivity index (χ2v) is 9.30. The number of hydrogen-bond acceptors (Lipinski definition) is 5. The summed E-state index contributed by atoms with van der Waals surface area (Å²) in [5, 5.41) is 12.9. The van der Waals surface area contributed by atoms with Crippen LogP contribution in [0.3, 0.4) is 0 Å². The summed E-state index contributed by atoms with van der Waals surface area (Å²) >= 11 is 8.20. The molecule has 0 fully saturated rings. The summed E-state index contributed by atoms with van der Waals surface area (Å²) in [6.07, 6.45) is 1.75. The van der Waals surface area contributed by atoms with Crippen LogP contribution in [0.1, 0.15) is 11.3 Å². The summed E-state index contributed by atoms with van der Waals surface area (Å²) in [6.45, 7) is 0. The number of hydrogen-bond donors (Lipinski definition) is 3. The Morgan fingerprint density at radius 1 is 0.941 bits per heavy atom. The Kier molecular flexibility index (Phi) is 5.45. The summed E-state index contributed by atoms with van der Waals surface area (Å²) in [7, 11) is 0. The Hall–Kier alpha value is -3.74. The van der Waals surface area contributed by atoms with Crippen molar-refractivity contribution >= 4 is 57.1 Å². The van der Waals surface area contributed by atoms with Crippen LogP contribution < -0.4 is 10.7 Å². The molecule has 1 aliphatic rings. The third kappa shape index (κ3) is 3.91. The Balaban J connectivity index is 1.31. The van der Waals surface area contributed by atoms with Crippen LogP contribution in [0.25, 0.3) is 38.8 Å². The highest BCUT2D eigenvalue weighted by Gasteiger charge is 2.17. The average Bonchev–Trinajstić information content (AvgIpc) is 3.50. The molecular formula is C27H20ClN5S. The lowest BCUT2D eigenvalue weighted by Crippen LogP contribution is -2.31. The number of aromatic nitrogens is 2. The van der Waals surface area contributed by atoms with Gasteiger partial charge in [-0.25, -0.2) is 4.98 Å². The SMILES string of the molecule is Clc1ccccc1-c1nc(/C=N/NC2NC(c3ccccc3)=CS2)cc2c1[nH]c1ccccc12. The average molecular weight is 482 g/mol. The summed E-state index contributed by atoms with van der Waals surface area (Å²) in [4.78, 5) is 8.43. The Labute approximate surface area is 205 Å². The Morgan fingerprint density at radius 3 is 2.62 bits per heavy atom. The van der Waals surface area contributed by atoms with Crippen LogP contribution >= 0.6 is 23.4 Å². The number of thioether (sulfide) groups is 1. The van der Waals surface area contributed by atoms with Crippen LogP contribution in [-0.4, -0.2) is 21.7 Å². The molecule has 0 bridgehead atoms. The van der Waals surface area contributed by atoms with Gasteiger partial charge in [0.2, 0.25) is 0 Å². The van der Waals surface area contributed by atoms with Gasteiger partial charge in [-0.3, -0.25) is 5.43 Å². The summed E-state index contributed by atoms with van der Waals surface area (Å²) < 4.78 is 0. The van der Waals surface area contributed by atoms with Gasteiger partial charge >= 0.3 is 0 Å². The fourth-order valence-electron chi connectivity index (χ4n) is 4.13. The van der Waals surface area contributed by atoms with E-state index in [1.807, 2.05) is 54.6 Å². The zero-order valence-corrected chi connectivity index (χ0v) is 19.6. The van der Waals surface area contributed by atoms with Crippen molar-refractivity contribution in [3.8, 4) is 11.3 Å². The van der Waals surface area contributed by atoms with Crippen molar-refractivity contribution in [1.82, 2.24) is 20.7 Å². The van der Waals surface area contributed by atoms with E-state index in [4.69, 9.17) is 16.6 Å². The van der Waals surface area contributed by atoms with E-state index in [1.165, 1.54) is 0 Å². The first kappa shape index (κ1) is 20.8. The lowest BCUT2D eigenvalue weighted by molar-refractivity contribution is 0.657. The minimum atomic E-state index is -0.0497. The van der Waals surface area contributed by atoms with Crippen molar-refractivity contribution in [2.75, 3.05) is 0 Å². The molecule has 34 heavy (non-hydrogen) atoms. The number of rotatable bonds is 5. The van der Waals surface area contributed by atoms with E-state index in [9.17, 15) is 0 Å². The number of nitrogens with one attached hydrogen (secondary N) is 3. The molecule has 3 heterocycles. The molecule has 0 spiro atoms. The summed E-state index contributed by atoms with van der Waals surface area (Å²) in [6, 6.07) is 28.3. The van der Waals surface area contributed by atoms with Crippen LogP contribution in [-0.2, 0) is 0 Å². The number of H-pyrrole nitrogens is 1. The monoisotopic (exact) mass is 481 g/mol. The third-order valence-corrected chi connectivity index (χ3v) is 6.92. The molecule has 0 saturated carbocycles. The highest BCUT2D eigenvalue weighted by Crippen LogP contribution is 2.35. The summed E-state index contributed by atoms with van der Waals surface area (Å²) in [5.74, 6) is 0. The molecule has 2 aromatic heterocycles. The maximum absolute atomic E-state index is 6.55. The molecule has 7 heteroatoms. The van der Waals surface area contributed by atoms with Crippen molar-refractivity contribution < 1.29 is 0 Å². The van der Waals surface area contributed by atoms with Crippen molar-refractivity contribution in [2.24, 2.45) is 5.10 Å². The molecule has 0 amide bonds. The molecule has 0 radical (unpaired) electrons. The molecule has 1 atom stereocenters. The third-order valence-electron chi connectivity index (χ3n) is 5.73. The van der Waals surface area contributed by atoms with Crippen molar-refractivity contribution in [3.05, 3.63) is 107 Å². The van der Waals surface area contributed by atoms with E-state index in [0.29, 0.717) is 5.02 Å². The fraction of sp³-hybridized carbons (Fsp3) is 0.0370. The van der Waals surface area contributed by atoms with Gasteiger partial charge in [-0.15, -0.1) is 0 Å². The number of fused-ring (bicyclic) bond motifs is 3. The zero-order valence-electron chi connectivity index (χ0n) is 18.0. The van der Waals surface area contributed by atoms with Gasteiger partial charge in [0.1, 0.15) is 0 Å². The molecule has 1 aliphatic heterocycles. The molecule has 3 aromatic carbocycles. The second kappa shape index (κ2) is 8.89. The quantitative estimate of drug-likeness (QED) is 0.196. The van der Waals surface area contributed by atoms with Gasteiger partial charge in [-0.1, -0.05) is 90.1 Å². The number of pyridine rings is 1. The van der Waals surface area contributed by atoms with Crippen molar-refractivity contribution in [1.29, 1.82) is 0 Å². The topological polar surface area (TPSA) is 65.1 Å². The lowest BCUT2D eigenvalue weighted by atomic mass is 10.1. The first-order chi connectivity index (χ1) is 16.8. The molecule has 0 aliphatic carbocycles. The molecule has 3 N–H and O–H groups in total. The minimum Gasteiger partial charge on any atom is -0.355 e. The predicted octanol–water partition coefficient (Wildman–Crippen LogP) is 6.58. The number of hydrazone groups is 1. The van der Waals surface area contributed by atoms with Gasteiger partial charge in [-0.2, -0.15) is 5.10 Å². The number of nitrogens with zero attached hydrogens (tertiary/aromatic N) is 2. The van der Waals surface area contributed by atoms with Gasteiger partial charge in [0.25, 0.3) is 0 Å². The molecule has 5 aromatic rings. The number of para-hydroxylation sites is 1. The zero-order chi connectivity index (χ0) is 22.9. The van der Waals surface area contributed by atoms with Gasteiger partial charge in [0.15, 0.2) is 5.50 Å². The highest BCUT2D eigenvalue weighted by molar-refractivity contribution is 8.03. The number of halogens is 1. The van der Waals surface area contributed by atoms with Crippen LogP contribution in [0.5, 0.6) is 0 Å². The first-order valence-electron chi connectivity index (χ1n) is 10.9. The number of aromatic amines is 1. The van der Waals surface area contributed by atoms with Crippen LogP contribution in [0.15, 0.2) is 95.4 Å². The van der Waals surface area contributed by atoms with Gasteiger partial charge < -0.3 is 10.3 Å². The molecular weight excluding hydrogens is 462 g/mol. The lowest BCUT2D eigenvalue weighted by Gasteiger charge is -2.12. The smallest absolute Gasteiger partial charge is 0.165 e. The first-order valence-corrected chi connectivity index (χ1v) is 12.2. The van der Waals surface area contributed by atoms with Gasteiger partial charge in [0, 0.05) is 21.9 Å². The molecule has 5 nitrogen and oxygen atoms in total. The Bertz CT molecular complexity index is 1560. The van der Waals surface area contributed by atoms with E-state index in [0.717, 1.165) is 50.0 Å². The Morgan fingerprint density at radius 2 is 1.74 bits per heavy atom. The normalized spacial score (nSPS) is 15.7. The van der Waals surface area contributed by atoms with Crippen LogP contribution in [0.2, 0.25) is 5.02 Å². The van der Waals surface area contributed by atoms with Crippen LogP contribution in [0, 0.1) is 0 Å². The predicted molar refractivity (Wildman–Crippen MR) is 144 cm³/mol. The van der Waals surface area contributed by atoms with E-state index >= 15 is 0 Å². The van der Waals surface area contributed by atoms with Crippen molar-refractivity contribution in [3.63, 3.8) is 0 Å². The summed E-state index contributed by atoms with van der Waals surface area (Å²) in [5.41, 5.74) is 9.82. The number of benzene rings is 3. The van der Waals surface area contributed by atoms with E-state index in [1.54, 1.807) is 18.0 Å². The largest absolute Gasteiger partial charge is 0.355 e. The minimum absolute atomic E-state index is 0.0497. The van der Waals surface area contributed by atoms with Crippen LogP contribution in [0.4, 0.5) is 0 Å². The maximum atomic E-state index is 6.55. The molecule has 166 valence electrons. The van der Waals surface area contributed by atoms with E-state index < -0.39 is 0 Å². The maximum Gasteiger partial charge on any atom is 0.165 e. The molecule has 0 saturated heterocycles. The van der Waals surface area contributed by atoms with E-state index in [-0.39, 0.29) is 5.50 Å². The standard InChI is InChI=1S/C27H20ClN5S/c28-22-12-6-4-11-20(22)25-26-21(19-10-5-7-13-23(19)31-26)14-18(30-25)15-29-33-27-32-24(16-34-27)17-8-2-1-3-9-17/h1-16,27,31-33H/b29-15+.